The van der Waals surface area contributed by atoms with Gasteiger partial charge in [0.1, 0.15) is 23.4 Å². The van der Waals surface area contributed by atoms with Gasteiger partial charge in [0.2, 0.25) is 5.91 Å². The summed E-state index contributed by atoms with van der Waals surface area (Å²) in [5.41, 5.74) is -0.148. The van der Waals surface area contributed by atoms with Crippen molar-refractivity contribution < 1.29 is 23.1 Å². The highest BCUT2D eigenvalue weighted by Gasteiger charge is 2.48. The minimum Gasteiger partial charge on any atom is -0.497 e. The molecule has 34 heavy (non-hydrogen) atoms. The van der Waals surface area contributed by atoms with Crippen LogP contribution in [-0.4, -0.2) is 43.1 Å². The van der Waals surface area contributed by atoms with Gasteiger partial charge in [0.05, 0.1) is 12.6 Å². The molecule has 2 aromatic carbocycles. The fourth-order valence-corrected chi connectivity index (χ4v) is 5.09. The lowest BCUT2D eigenvalue weighted by atomic mass is 9.92. The van der Waals surface area contributed by atoms with E-state index in [0.29, 0.717) is 35.9 Å². The number of nitrogens with zero attached hydrogens (tertiary/aromatic N) is 1. The van der Waals surface area contributed by atoms with Crippen molar-refractivity contribution in [1.29, 1.82) is 0 Å². The number of likely N-dealkylation sites (tertiary alicyclic amines) is 1. The first-order valence-electron chi connectivity index (χ1n) is 11.0. The quantitative estimate of drug-likeness (QED) is 0.551. The van der Waals surface area contributed by atoms with E-state index in [1.54, 1.807) is 18.2 Å². The summed E-state index contributed by atoms with van der Waals surface area (Å²) in [4.78, 5) is 27.6. The van der Waals surface area contributed by atoms with Crippen molar-refractivity contribution in [2.45, 2.75) is 43.7 Å². The van der Waals surface area contributed by atoms with Crippen LogP contribution in [0.3, 0.4) is 0 Å². The van der Waals surface area contributed by atoms with Crippen molar-refractivity contribution in [2.75, 3.05) is 20.2 Å². The molecule has 2 aromatic rings. The van der Waals surface area contributed by atoms with Crippen molar-refractivity contribution in [2.24, 2.45) is 0 Å². The van der Waals surface area contributed by atoms with Gasteiger partial charge in [0.25, 0.3) is 0 Å². The van der Waals surface area contributed by atoms with Gasteiger partial charge in [-0.1, -0.05) is 30.1 Å². The van der Waals surface area contributed by atoms with E-state index in [1.807, 2.05) is 6.92 Å². The standard InChI is InChI=1S/C24H25Cl2F2N3O3/c1-3-6-31-12-17(20-18(27)10-16(34-2)11-19(20)28)21(22(31)32)29-23(33)30-24(4-5-24)13-7-14(25)9-15(26)8-13/h7-11,17,21H,3-6,12H2,1-2H3,(H2,29,30,33)/t17-,21-/m0/s1. The van der Waals surface area contributed by atoms with Crippen LogP contribution in [0.1, 0.15) is 43.2 Å². The number of methoxy groups -OCH3 is 1. The first-order valence-corrected chi connectivity index (χ1v) is 11.8. The Labute approximate surface area is 206 Å². The molecule has 0 unspecified atom stereocenters. The molecule has 1 saturated heterocycles. The summed E-state index contributed by atoms with van der Waals surface area (Å²) in [5, 5.41) is 6.47. The molecule has 0 radical (unpaired) electrons. The highest BCUT2D eigenvalue weighted by molar-refractivity contribution is 6.34. The van der Waals surface area contributed by atoms with Crippen LogP contribution < -0.4 is 15.4 Å². The second-order valence-electron chi connectivity index (χ2n) is 8.71. The molecule has 4 rings (SSSR count). The Bertz CT molecular complexity index is 1080. The molecule has 182 valence electrons. The average molecular weight is 512 g/mol. The van der Waals surface area contributed by atoms with E-state index in [9.17, 15) is 18.4 Å². The third-order valence-electron chi connectivity index (χ3n) is 6.35. The Morgan fingerprint density at radius 3 is 2.29 bits per heavy atom. The summed E-state index contributed by atoms with van der Waals surface area (Å²) >= 11 is 12.2. The summed E-state index contributed by atoms with van der Waals surface area (Å²) < 4.78 is 34.7. The van der Waals surface area contributed by atoms with Crippen molar-refractivity contribution in [3.63, 3.8) is 0 Å². The normalized spacial score (nSPS) is 20.9. The van der Waals surface area contributed by atoms with Crippen LogP contribution in [0.25, 0.3) is 0 Å². The molecule has 2 atom stereocenters. The summed E-state index contributed by atoms with van der Waals surface area (Å²) in [7, 11) is 1.31. The fraction of sp³-hybridized carbons (Fsp3) is 0.417. The minimum atomic E-state index is -1.12. The lowest BCUT2D eigenvalue weighted by Gasteiger charge is -2.23. The first-order chi connectivity index (χ1) is 16.2. The molecule has 1 heterocycles. The van der Waals surface area contributed by atoms with Gasteiger partial charge in [0, 0.05) is 46.7 Å². The molecule has 6 nitrogen and oxygen atoms in total. The van der Waals surface area contributed by atoms with Crippen LogP contribution in [0.15, 0.2) is 30.3 Å². The highest BCUT2D eigenvalue weighted by Crippen LogP contribution is 2.47. The molecule has 10 heteroatoms. The zero-order valence-corrected chi connectivity index (χ0v) is 20.3. The number of carbonyl (C=O) groups is 2. The third-order valence-corrected chi connectivity index (χ3v) is 6.79. The molecule has 1 saturated carbocycles. The number of benzene rings is 2. The second kappa shape index (κ2) is 9.58. The van der Waals surface area contributed by atoms with Gasteiger partial charge in [-0.15, -0.1) is 0 Å². The molecule has 0 spiro atoms. The minimum absolute atomic E-state index is 0.0339. The number of carbonyl (C=O) groups excluding carboxylic acids is 2. The van der Waals surface area contributed by atoms with Crippen LogP contribution in [-0.2, 0) is 10.3 Å². The van der Waals surface area contributed by atoms with Crippen molar-refractivity contribution in [1.82, 2.24) is 15.5 Å². The molecule has 2 aliphatic rings. The molecular formula is C24H25Cl2F2N3O3. The molecule has 0 aromatic heterocycles. The van der Waals surface area contributed by atoms with Gasteiger partial charge >= 0.3 is 6.03 Å². The molecule has 0 bridgehead atoms. The molecule has 2 fully saturated rings. The summed E-state index contributed by atoms with van der Waals surface area (Å²) in [6.07, 6.45) is 2.01. The zero-order valence-electron chi connectivity index (χ0n) is 18.8. The van der Waals surface area contributed by atoms with E-state index < -0.39 is 35.2 Å². The third kappa shape index (κ3) is 4.79. The number of rotatable bonds is 7. The Balaban J connectivity index is 1.58. The van der Waals surface area contributed by atoms with Gasteiger partial charge in [0.15, 0.2) is 0 Å². The highest BCUT2D eigenvalue weighted by atomic mass is 35.5. The van der Waals surface area contributed by atoms with Crippen LogP contribution in [0.2, 0.25) is 10.0 Å². The smallest absolute Gasteiger partial charge is 0.316 e. The molecule has 1 aliphatic carbocycles. The summed E-state index contributed by atoms with van der Waals surface area (Å²) in [5.74, 6) is -2.90. The Morgan fingerprint density at radius 2 is 1.76 bits per heavy atom. The lowest BCUT2D eigenvalue weighted by Crippen LogP contribution is -2.50. The maximum absolute atomic E-state index is 14.9. The summed E-state index contributed by atoms with van der Waals surface area (Å²) in [6.45, 7) is 2.41. The van der Waals surface area contributed by atoms with Crippen LogP contribution >= 0.6 is 23.2 Å². The van der Waals surface area contributed by atoms with Crippen molar-refractivity contribution in [3.05, 3.63) is 63.1 Å². The van der Waals surface area contributed by atoms with E-state index in [1.165, 1.54) is 12.0 Å². The number of ether oxygens (including phenoxy) is 1. The number of nitrogens with one attached hydrogen (secondary N) is 2. The Hall–Kier alpha value is -2.58. The van der Waals surface area contributed by atoms with Gasteiger partial charge in [-0.25, -0.2) is 13.6 Å². The van der Waals surface area contributed by atoms with Gasteiger partial charge in [-0.3, -0.25) is 4.79 Å². The molecular weight excluding hydrogens is 487 g/mol. The van der Waals surface area contributed by atoms with Gasteiger partial charge < -0.3 is 20.3 Å². The topological polar surface area (TPSA) is 70.7 Å². The maximum atomic E-state index is 14.9. The predicted molar refractivity (Wildman–Crippen MR) is 125 cm³/mol. The first kappa shape index (κ1) is 24.5. The number of hydrogen-bond acceptors (Lipinski definition) is 3. The second-order valence-corrected chi connectivity index (χ2v) is 9.58. The number of halogens is 4. The SMILES string of the molecule is CCCN1C[C@@H](c2c(F)cc(OC)cc2F)[C@H](NC(=O)NC2(c3cc(Cl)cc(Cl)c3)CC2)C1=O. The van der Waals surface area contributed by atoms with E-state index >= 15 is 0 Å². The lowest BCUT2D eigenvalue weighted by molar-refractivity contribution is -0.129. The summed E-state index contributed by atoms with van der Waals surface area (Å²) in [6, 6.07) is 5.48. The van der Waals surface area contributed by atoms with Crippen molar-refractivity contribution >= 4 is 35.1 Å². The maximum Gasteiger partial charge on any atom is 0.316 e. The predicted octanol–water partition coefficient (Wildman–Crippen LogP) is 4.97. The van der Waals surface area contributed by atoms with E-state index in [0.717, 1.165) is 17.7 Å². The Morgan fingerprint density at radius 1 is 1.15 bits per heavy atom. The average Bonchev–Trinajstić information content (AvgIpc) is 3.49. The number of urea groups is 1. The van der Waals surface area contributed by atoms with Crippen LogP contribution in [0, 0.1) is 11.6 Å². The van der Waals surface area contributed by atoms with E-state index in [-0.39, 0.29) is 23.8 Å². The monoisotopic (exact) mass is 511 g/mol. The van der Waals surface area contributed by atoms with Crippen LogP contribution in [0.4, 0.5) is 13.6 Å². The largest absolute Gasteiger partial charge is 0.497 e. The van der Waals surface area contributed by atoms with Gasteiger partial charge in [-0.2, -0.15) is 0 Å². The molecule has 3 amide bonds. The van der Waals surface area contributed by atoms with E-state index in [4.69, 9.17) is 27.9 Å². The number of hydrogen-bond donors (Lipinski definition) is 2. The zero-order chi connectivity index (χ0) is 24.6. The van der Waals surface area contributed by atoms with Crippen LogP contribution in [0.5, 0.6) is 5.75 Å². The molecule has 2 N–H and O–H groups in total. The van der Waals surface area contributed by atoms with Crippen molar-refractivity contribution in [3.8, 4) is 5.75 Å². The number of amides is 3. The fourth-order valence-electron chi connectivity index (χ4n) is 4.56. The van der Waals surface area contributed by atoms with Gasteiger partial charge in [-0.05, 0) is 43.0 Å². The van der Waals surface area contributed by atoms with E-state index in [2.05, 4.69) is 10.6 Å². The molecule has 1 aliphatic heterocycles. The Kier molecular flexibility index (Phi) is 6.92.